The standard InChI is InChI=1S/C27H24N2O4/c1-32-27(31)25(29-26(30)22-16-21-9-5-6-10-24(21)28-17-22)15-19-11-13-23(14-12-19)33-18-20-7-3-2-4-8-20/h2-14,16-17,25H,15,18H2,1H3,(H,29,30)/t25-/m0/s1. The smallest absolute Gasteiger partial charge is 0.328 e. The number of benzene rings is 3. The number of pyridine rings is 1. The molecule has 6 heteroatoms. The number of carbonyl (C=O) groups is 2. The quantitative estimate of drug-likeness (QED) is 0.413. The Hall–Kier alpha value is -4.19. The van der Waals surface area contributed by atoms with E-state index in [0.717, 1.165) is 27.8 Å². The first-order valence-corrected chi connectivity index (χ1v) is 10.6. The molecule has 1 aromatic heterocycles. The lowest BCUT2D eigenvalue weighted by Gasteiger charge is -2.17. The van der Waals surface area contributed by atoms with Crippen LogP contribution in [0, 0.1) is 0 Å². The van der Waals surface area contributed by atoms with Gasteiger partial charge in [0.2, 0.25) is 0 Å². The lowest BCUT2D eigenvalue weighted by Crippen LogP contribution is -2.43. The second-order valence-electron chi connectivity index (χ2n) is 7.59. The summed E-state index contributed by atoms with van der Waals surface area (Å²) >= 11 is 0. The van der Waals surface area contributed by atoms with Crippen LogP contribution in [0.4, 0.5) is 0 Å². The largest absolute Gasteiger partial charge is 0.489 e. The summed E-state index contributed by atoms with van der Waals surface area (Å²) in [6.45, 7) is 0.473. The number of hydrogen-bond donors (Lipinski definition) is 1. The molecule has 0 aliphatic heterocycles. The van der Waals surface area contributed by atoms with Gasteiger partial charge in [0.15, 0.2) is 0 Å². The molecule has 1 N–H and O–H groups in total. The molecular weight excluding hydrogens is 416 g/mol. The number of nitrogens with one attached hydrogen (secondary N) is 1. The molecule has 4 aromatic rings. The minimum Gasteiger partial charge on any atom is -0.489 e. The first-order chi connectivity index (χ1) is 16.1. The molecule has 0 aliphatic carbocycles. The highest BCUT2D eigenvalue weighted by Crippen LogP contribution is 2.17. The van der Waals surface area contributed by atoms with E-state index in [1.807, 2.05) is 78.9 Å². The summed E-state index contributed by atoms with van der Waals surface area (Å²) in [5, 5.41) is 3.63. The summed E-state index contributed by atoms with van der Waals surface area (Å²) in [6.07, 6.45) is 1.79. The third-order valence-corrected chi connectivity index (χ3v) is 5.26. The maximum atomic E-state index is 12.8. The SMILES string of the molecule is COC(=O)[C@H](Cc1ccc(OCc2ccccc2)cc1)NC(=O)c1cnc2ccccc2c1. The summed E-state index contributed by atoms with van der Waals surface area (Å²) in [4.78, 5) is 29.5. The molecule has 4 rings (SSSR count). The Morgan fingerprint density at radius 1 is 0.909 bits per heavy atom. The average Bonchev–Trinajstić information content (AvgIpc) is 2.87. The van der Waals surface area contributed by atoms with E-state index in [4.69, 9.17) is 9.47 Å². The van der Waals surface area contributed by atoms with Gasteiger partial charge in [-0.05, 0) is 35.4 Å². The van der Waals surface area contributed by atoms with Crippen molar-refractivity contribution in [3.63, 3.8) is 0 Å². The van der Waals surface area contributed by atoms with Crippen LogP contribution in [0.1, 0.15) is 21.5 Å². The molecule has 3 aromatic carbocycles. The van der Waals surface area contributed by atoms with Gasteiger partial charge in [-0.25, -0.2) is 4.79 Å². The molecule has 1 atom stereocenters. The third-order valence-electron chi connectivity index (χ3n) is 5.26. The number of fused-ring (bicyclic) bond motifs is 1. The molecule has 0 spiro atoms. The molecular formula is C27H24N2O4. The van der Waals surface area contributed by atoms with Crippen molar-refractivity contribution in [2.24, 2.45) is 0 Å². The predicted molar refractivity (Wildman–Crippen MR) is 126 cm³/mol. The van der Waals surface area contributed by atoms with Gasteiger partial charge >= 0.3 is 5.97 Å². The second kappa shape index (κ2) is 10.4. The number of rotatable bonds is 8. The number of nitrogens with zero attached hydrogens (tertiary/aromatic N) is 1. The Balaban J connectivity index is 1.41. The van der Waals surface area contributed by atoms with Gasteiger partial charge in [0, 0.05) is 18.0 Å². The van der Waals surface area contributed by atoms with Gasteiger partial charge in [0.05, 0.1) is 18.2 Å². The summed E-state index contributed by atoms with van der Waals surface area (Å²) in [5.41, 5.74) is 3.13. The summed E-state index contributed by atoms with van der Waals surface area (Å²) in [7, 11) is 1.31. The first kappa shape index (κ1) is 22.0. The zero-order valence-electron chi connectivity index (χ0n) is 18.2. The lowest BCUT2D eigenvalue weighted by molar-refractivity contribution is -0.142. The summed E-state index contributed by atoms with van der Waals surface area (Å²) in [6, 6.07) is 25.8. The molecule has 1 heterocycles. The Morgan fingerprint density at radius 2 is 1.64 bits per heavy atom. The molecule has 0 saturated carbocycles. The van der Waals surface area contributed by atoms with Crippen LogP contribution in [0.15, 0.2) is 91.1 Å². The molecule has 0 unspecified atom stereocenters. The Morgan fingerprint density at radius 3 is 2.39 bits per heavy atom. The number of esters is 1. The van der Waals surface area contributed by atoms with E-state index in [2.05, 4.69) is 10.3 Å². The zero-order valence-corrected chi connectivity index (χ0v) is 18.2. The normalized spacial score (nSPS) is 11.5. The van der Waals surface area contributed by atoms with Crippen molar-refractivity contribution in [3.8, 4) is 5.75 Å². The van der Waals surface area contributed by atoms with Gasteiger partial charge in [0.1, 0.15) is 18.4 Å². The van der Waals surface area contributed by atoms with Gasteiger partial charge in [0.25, 0.3) is 5.91 Å². The maximum absolute atomic E-state index is 12.8. The van der Waals surface area contributed by atoms with Crippen LogP contribution >= 0.6 is 0 Å². The Kier molecular flexibility index (Phi) is 6.95. The van der Waals surface area contributed by atoms with Crippen molar-refractivity contribution in [3.05, 3.63) is 108 Å². The minimum atomic E-state index is -0.829. The molecule has 0 saturated heterocycles. The van der Waals surface area contributed by atoms with Crippen molar-refractivity contribution in [1.29, 1.82) is 0 Å². The van der Waals surface area contributed by atoms with Crippen molar-refractivity contribution in [2.45, 2.75) is 19.1 Å². The van der Waals surface area contributed by atoms with Crippen LogP contribution in [0.3, 0.4) is 0 Å². The molecule has 1 amide bonds. The molecule has 0 fully saturated rings. The van der Waals surface area contributed by atoms with Crippen LogP contribution in [0.5, 0.6) is 5.75 Å². The highest BCUT2D eigenvalue weighted by molar-refractivity contribution is 5.99. The van der Waals surface area contributed by atoms with Gasteiger partial charge in [-0.15, -0.1) is 0 Å². The van der Waals surface area contributed by atoms with E-state index in [1.165, 1.54) is 13.3 Å². The predicted octanol–water partition coefficient (Wildman–Crippen LogP) is 4.33. The molecule has 0 aliphatic rings. The van der Waals surface area contributed by atoms with Crippen LogP contribution in [0.25, 0.3) is 10.9 Å². The number of aromatic nitrogens is 1. The third kappa shape index (κ3) is 5.74. The van der Waals surface area contributed by atoms with Crippen LogP contribution < -0.4 is 10.1 Å². The second-order valence-corrected chi connectivity index (χ2v) is 7.59. The van der Waals surface area contributed by atoms with Crippen molar-refractivity contribution < 1.29 is 19.1 Å². The molecule has 0 bridgehead atoms. The molecule has 0 radical (unpaired) electrons. The number of carbonyl (C=O) groups excluding carboxylic acids is 2. The topological polar surface area (TPSA) is 77.5 Å². The van der Waals surface area contributed by atoms with Crippen molar-refractivity contribution in [1.82, 2.24) is 10.3 Å². The van der Waals surface area contributed by atoms with Gasteiger partial charge in [-0.2, -0.15) is 0 Å². The fraction of sp³-hybridized carbons (Fsp3) is 0.148. The molecule has 6 nitrogen and oxygen atoms in total. The number of ether oxygens (including phenoxy) is 2. The number of amides is 1. The summed E-state index contributed by atoms with van der Waals surface area (Å²) in [5.74, 6) is -0.170. The first-order valence-electron chi connectivity index (χ1n) is 10.6. The highest BCUT2D eigenvalue weighted by atomic mass is 16.5. The van der Waals surface area contributed by atoms with E-state index in [-0.39, 0.29) is 5.91 Å². The monoisotopic (exact) mass is 440 g/mol. The average molecular weight is 440 g/mol. The van der Waals surface area contributed by atoms with E-state index in [0.29, 0.717) is 18.6 Å². The van der Waals surface area contributed by atoms with E-state index in [9.17, 15) is 9.59 Å². The maximum Gasteiger partial charge on any atom is 0.328 e. The van der Waals surface area contributed by atoms with Crippen molar-refractivity contribution >= 4 is 22.8 Å². The lowest BCUT2D eigenvalue weighted by atomic mass is 10.0. The van der Waals surface area contributed by atoms with Crippen LogP contribution in [0.2, 0.25) is 0 Å². The molecule has 166 valence electrons. The Labute approximate surface area is 192 Å². The van der Waals surface area contributed by atoms with E-state index >= 15 is 0 Å². The molecule has 33 heavy (non-hydrogen) atoms. The number of methoxy groups -OCH3 is 1. The van der Waals surface area contributed by atoms with Crippen LogP contribution in [-0.4, -0.2) is 30.0 Å². The minimum absolute atomic E-state index is 0.290. The zero-order chi connectivity index (χ0) is 23.0. The fourth-order valence-corrected chi connectivity index (χ4v) is 3.47. The summed E-state index contributed by atoms with van der Waals surface area (Å²) < 4.78 is 10.7. The van der Waals surface area contributed by atoms with Gasteiger partial charge in [-0.3, -0.25) is 9.78 Å². The number of hydrogen-bond acceptors (Lipinski definition) is 5. The van der Waals surface area contributed by atoms with Gasteiger partial charge < -0.3 is 14.8 Å². The van der Waals surface area contributed by atoms with E-state index < -0.39 is 12.0 Å². The fourth-order valence-electron chi connectivity index (χ4n) is 3.47. The number of para-hydroxylation sites is 1. The highest BCUT2D eigenvalue weighted by Gasteiger charge is 2.23. The Bertz CT molecular complexity index is 1240. The van der Waals surface area contributed by atoms with Crippen LogP contribution in [-0.2, 0) is 22.6 Å². The van der Waals surface area contributed by atoms with Crippen molar-refractivity contribution in [2.75, 3.05) is 7.11 Å². The van der Waals surface area contributed by atoms with E-state index in [1.54, 1.807) is 6.07 Å². The van der Waals surface area contributed by atoms with Gasteiger partial charge in [-0.1, -0.05) is 60.7 Å².